The maximum atomic E-state index is 12.0. The molecule has 1 N–H and O–H groups in total. The SMILES string of the molecule is CON(C)CCOc1ccc(C=O)cn1.CON(C)CCOc1ccc(CO)cn1.O=Cc1ccc(F)nc1. The van der Waals surface area contributed by atoms with Gasteiger partial charge in [0.15, 0.2) is 12.6 Å². The van der Waals surface area contributed by atoms with Crippen molar-refractivity contribution in [1.29, 1.82) is 0 Å². The molecule has 0 saturated carbocycles. The molecule has 13 heteroatoms. The number of carbonyl (C=O) groups is 2. The first-order valence-corrected chi connectivity index (χ1v) is 11.6. The molecule has 212 valence electrons. The Labute approximate surface area is 226 Å². The summed E-state index contributed by atoms with van der Waals surface area (Å²) >= 11 is 0. The highest BCUT2D eigenvalue weighted by molar-refractivity contribution is 5.74. The molecular formula is C26H34FN5O7. The fourth-order valence-electron chi connectivity index (χ4n) is 2.33. The summed E-state index contributed by atoms with van der Waals surface area (Å²) in [6.45, 7) is 2.31. The summed E-state index contributed by atoms with van der Waals surface area (Å²) in [5.74, 6) is 0.488. The van der Waals surface area contributed by atoms with Crippen molar-refractivity contribution in [3.63, 3.8) is 0 Å². The van der Waals surface area contributed by atoms with E-state index in [1.165, 1.54) is 18.5 Å². The smallest absolute Gasteiger partial charge is 0.213 e. The van der Waals surface area contributed by atoms with Gasteiger partial charge < -0.3 is 24.3 Å². The van der Waals surface area contributed by atoms with Gasteiger partial charge in [-0.2, -0.15) is 14.5 Å². The van der Waals surface area contributed by atoms with Crippen molar-refractivity contribution in [3.8, 4) is 11.8 Å². The van der Waals surface area contributed by atoms with Gasteiger partial charge in [-0.3, -0.25) is 9.59 Å². The van der Waals surface area contributed by atoms with Crippen molar-refractivity contribution in [2.24, 2.45) is 0 Å². The Kier molecular flexibility index (Phi) is 17.1. The Morgan fingerprint density at radius 1 is 0.769 bits per heavy atom. The van der Waals surface area contributed by atoms with Gasteiger partial charge in [0.2, 0.25) is 17.7 Å². The summed E-state index contributed by atoms with van der Waals surface area (Å²) in [5.41, 5.74) is 1.70. The number of nitrogens with zero attached hydrogens (tertiary/aromatic N) is 5. The van der Waals surface area contributed by atoms with Crippen LogP contribution >= 0.6 is 0 Å². The second-order valence-electron chi connectivity index (χ2n) is 7.51. The molecule has 12 nitrogen and oxygen atoms in total. The lowest BCUT2D eigenvalue weighted by Crippen LogP contribution is -2.23. The number of aromatic nitrogens is 3. The van der Waals surface area contributed by atoms with Crippen molar-refractivity contribution < 1.29 is 38.2 Å². The van der Waals surface area contributed by atoms with Crippen LogP contribution in [0.1, 0.15) is 26.3 Å². The zero-order chi connectivity index (χ0) is 28.9. The molecule has 0 unspecified atom stereocenters. The van der Waals surface area contributed by atoms with Crippen LogP contribution in [0.2, 0.25) is 0 Å². The molecule has 0 aliphatic heterocycles. The maximum Gasteiger partial charge on any atom is 0.213 e. The summed E-state index contributed by atoms with van der Waals surface area (Å²) < 4.78 is 22.7. The van der Waals surface area contributed by atoms with Gasteiger partial charge >= 0.3 is 0 Å². The molecule has 0 aromatic carbocycles. The summed E-state index contributed by atoms with van der Waals surface area (Å²) in [6, 6.07) is 9.35. The highest BCUT2D eigenvalue weighted by Gasteiger charge is 2.00. The van der Waals surface area contributed by atoms with E-state index in [1.54, 1.807) is 54.8 Å². The number of likely N-dealkylation sites (N-methyl/N-ethyl adjacent to an activating group) is 2. The molecule has 0 radical (unpaired) electrons. The van der Waals surface area contributed by atoms with Gasteiger partial charge in [-0.05, 0) is 29.8 Å². The second-order valence-corrected chi connectivity index (χ2v) is 7.51. The summed E-state index contributed by atoms with van der Waals surface area (Å²) in [4.78, 5) is 41.4. The average molecular weight is 548 g/mol. The van der Waals surface area contributed by atoms with Crippen LogP contribution in [0, 0.1) is 5.95 Å². The Morgan fingerprint density at radius 2 is 1.26 bits per heavy atom. The number of ether oxygens (including phenoxy) is 2. The Morgan fingerprint density at radius 3 is 1.62 bits per heavy atom. The maximum absolute atomic E-state index is 12.0. The van der Waals surface area contributed by atoms with Crippen molar-refractivity contribution in [2.75, 3.05) is 54.6 Å². The lowest BCUT2D eigenvalue weighted by atomic mass is 10.3. The number of aliphatic hydroxyl groups excluding tert-OH is 1. The molecule has 0 spiro atoms. The number of hydroxylamine groups is 4. The van der Waals surface area contributed by atoms with Gasteiger partial charge in [0.1, 0.15) is 13.2 Å². The lowest BCUT2D eigenvalue weighted by molar-refractivity contribution is -0.113. The molecule has 0 atom stereocenters. The topological polar surface area (TPSA) is 136 Å². The highest BCUT2D eigenvalue weighted by Crippen LogP contribution is 2.07. The predicted molar refractivity (Wildman–Crippen MR) is 140 cm³/mol. The van der Waals surface area contributed by atoms with E-state index in [-0.39, 0.29) is 6.61 Å². The molecule has 0 aliphatic rings. The predicted octanol–water partition coefficient (Wildman–Crippen LogP) is 2.25. The van der Waals surface area contributed by atoms with Crippen LogP contribution < -0.4 is 9.47 Å². The number of pyridine rings is 3. The fraction of sp³-hybridized carbons (Fsp3) is 0.346. The number of carbonyl (C=O) groups excluding carboxylic acids is 2. The minimum atomic E-state index is -0.569. The molecule has 0 aliphatic carbocycles. The third kappa shape index (κ3) is 15.2. The van der Waals surface area contributed by atoms with E-state index >= 15 is 0 Å². The van der Waals surface area contributed by atoms with Crippen molar-refractivity contribution >= 4 is 12.6 Å². The second kappa shape index (κ2) is 20.1. The minimum Gasteiger partial charge on any atom is -0.476 e. The summed E-state index contributed by atoms with van der Waals surface area (Å²) in [7, 11) is 6.84. The average Bonchev–Trinajstić information content (AvgIpc) is 2.98. The van der Waals surface area contributed by atoms with Crippen molar-refractivity contribution in [2.45, 2.75) is 6.61 Å². The van der Waals surface area contributed by atoms with Gasteiger partial charge in [0.05, 0.1) is 33.9 Å². The lowest BCUT2D eigenvalue weighted by Gasteiger charge is -2.13. The van der Waals surface area contributed by atoms with Crippen LogP contribution in [-0.4, -0.2) is 97.4 Å². The van der Waals surface area contributed by atoms with E-state index in [4.69, 9.17) is 24.3 Å². The number of aldehydes is 2. The first kappa shape index (κ1) is 33.1. The molecule has 3 heterocycles. The van der Waals surface area contributed by atoms with Crippen LogP contribution in [0.15, 0.2) is 55.0 Å². The Balaban J connectivity index is 0.000000302. The van der Waals surface area contributed by atoms with E-state index in [1.807, 2.05) is 14.1 Å². The number of aliphatic hydroxyl groups is 1. The number of rotatable bonds is 13. The van der Waals surface area contributed by atoms with Gasteiger partial charge in [-0.15, -0.1) is 0 Å². The van der Waals surface area contributed by atoms with Gasteiger partial charge in [0, 0.05) is 55.9 Å². The summed E-state index contributed by atoms with van der Waals surface area (Å²) in [5, 5.41) is 12.1. The van der Waals surface area contributed by atoms with Crippen LogP contribution in [0.25, 0.3) is 0 Å². The molecular weight excluding hydrogens is 513 g/mol. The third-order valence-electron chi connectivity index (χ3n) is 4.70. The van der Waals surface area contributed by atoms with E-state index in [0.29, 0.717) is 55.5 Å². The molecule has 39 heavy (non-hydrogen) atoms. The van der Waals surface area contributed by atoms with Crippen LogP contribution in [-0.2, 0) is 16.3 Å². The molecule has 3 aromatic heterocycles. The van der Waals surface area contributed by atoms with Crippen LogP contribution in [0.4, 0.5) is 4.39 Å². The Bertz CT molecular complexity index is 1060. The van der Waals surface area contributed by atoms with Crippen LogP contribution in [0.3, 0.4) is 0 Å². The van der Waals surface area contributed by atoms with E-state index < -0.39 is 5.95 Å². The van der Waals surface area contributed by atoms with E-state index in [2.05, 4.69) is 15.0 Å². The molecule has 0 fully saturated rings. The first-order valence-electron chi connectivity index (χ1n) is 11.6. The summed E-state index contributed by atoms with van der Waals surface area (Å²) in [6.07, 6.45) is 5.61. The van der Waals surface area contributed by atoms with Gasteiger partial charge in [0.25, 0.3) is 0 Å². The molecule has 3 rings (SSSR count). The zero-order valence-corrected chi connectivity index (χ0v) is 22.4. The van der Waals surface area contributed by atoms with Crippen molar-refractivity contribution in [3.05, 3.63) is 77.6 Å². The van der Waals surface area contributed by atoms with E-state index in [0.717, 1.165) is 17.9 Å². The standard InChI is InChI=1S/C10H16N2O3.C10H14N2O3.C6H4FNO/c2*1-12(14-2)5-6-15-10-4-3-9(8-13)7-11-10;7-6-2-1-5(4-9)3-8-6/h3-4,7,13H,5-6,8H2,1-2H3;3-4,7-8H,5-6H2,1-2H3;1-4H. The normalized spacial score (nSPS) is 10.2. The molecule has 0 amide bonds. The Hall–Kier alpha value is -3.88. The van der Waals surface area contributed by atoms with E-state index in [9.17, 15) is 14.0 Å². The quantitative estimate of drug-likeness (QED) is 0.191. The zero-order valence-electron chi connectivity index (χ0n) is 22.4. The number of hydrogen-bond donors (Lipinski definition) is 1. The highest BCUT2D eigenvalue weighted by atomic mass is 19.1. The molecule has 0 saturated heterocycles. The number of hydrogen-bond acceptors (Lipinski definition) is 12. The first-order chi connectivity index (χ1) is 18.8. The van der Waals surface area contributed by atoms with Crippen LogP contribution in [0.5, 0.6) is 11.8 Å². The molecule has 0 bridgehead atoms. The largest absolute Gasteiger partial charge is 0.476 e. The monoisotopic (exact) mass is 547 g/mol. The third-order valence-corrected chi connectivity index (χ3v) is 4.70. The van der Waals surface area contributed by atoms with Crippen molar-refractivity contribution in [1.82, 2.24) is 25.1 Å². The minimum absolute atomic E-state index is 0.000305. The van der Waals surface area contributed by atoms with Gasteiger partial charge in [-0.25, -0.2) is 15.0 Å². The fourth-order valence-corrected chi connectivity index (χ4v) is 2.33. The molecule has 3 aromatic rings. The number of halogens is 1. The van der Waals surface area contributed by atoms with Gasteiger partial charge in [-0.1, -0.05) is 0 Å².